The Morgan fingerprint density at radius 2 is 2.04 bits per heavy atom. The summed E-state index contributed by atoms with van der Waals surface area (Å²) in [5.41, 5.74) is -0.0308. The molecule has 4 rings (SSSR count). The largest absolute Gasteiger partial charge is 0.480 e. The maximum atomic E-state index is 12.3. The van der Waals surface area contributed by atoms with Gasteiger partial charge in [-0.1, -0.05) is 12.1 Å². The summed E-state index contributed by atoms with van der Waals surface area (Å²) < 4.78 is 5.25. The van der Waals surface area contributed by atoms with Crippen LogP contribution < -0.4 is 0 Å². The fourth-order valence-electron chi connectivity index (χ4n) is 4.38. The molecule has 3 heterocycles. The van der Waals surface area contributed by atoms with Gasteiger partial charge in [-0.2, -0.15) is 4.98 Å². The number of hydrogen-bond acceptors (Lipinski definition) is 6. The number of aliphatic carboxylic acids is 1. The van der Waals surface area contributed by atoms with Crippen LogP contribution in [0.3, 0.4) is 0 Å². The second-order valence-electron chi connectivity index (χ2n) is 8.02. The van der Waals surface area contributed by atoms with Crippen molar-refractivity contribution >= 4 is 11.9 Å². The molecule has 0 bridgehead atoms. The summed E-state index contributed by atoms with van der Waals surface area (Å²) in [7, 11) is 0. The van der Waals surface area contributed by atoms with Gasteiger partial charge in [0.2, 0.25) is 11.8 Å². The van der Waals surface area contributed by atoms with Gasteiger partial charge in [0.25, 0.3) is 0 Å². The molecule has 1 aromatic heterocycles. The first-order valence-corrected chi connectivity index (χ1v) is 9.57. The summed E-state index contributed by atoms with van der Waals surface area (Å²) in [5, 5.41) is 13.6. The normalized spacial score (nSPS) is 25.7. The number of aryl methyl sites for hydroxylation is 1. The summed E-state index contributed by atoms with van der Waals surface area (Å²) in [6.45, 7) is 4.53. The van der Waals surface area contributed by atoms with Crippen molar-refractivity contribution < 1.29 is 19.2 Å². The summed E-state index contributed by atoms with van der Waals surface area (Å²) in [4.78, 5) is 32.3. The highest BCUT2D eigenvalue weighted by atomic mass is 16.5. The number of carboxylic acid groups (broad SMARTS) is 1. The van der Waals surface area contributed by atoms with E-state index in [2.05, 4.69) is 10.1 Å². The van der Waals surface area contributed by atoms with Gasteiger partial charge in [-0.15, -0.1) is 0 Å². The third kappa shape index (κ3) is 3.34. The van der Waals surface area contributed by atoms with Gasteiger partial charge in [0, 0.05) is 32.0 Å². The first kappa shape index (κ1) is 17.5. The Morgan fingerprint density at radius 1 is 1.31 bits per heavy atom. The van der Waals surface area contributed by atoms with Gasteiger partial charge in [-0.05, 0) is 37.5 Å². The van der Waals surface area contributed by atoms with Crippen molar-refractivity contribution in [3.63, 3.8) is 0 Å². The van der Waals surface area contributed by atoms with Crippen molar-refractivity contribution in [1.29, 1.82) is 0 Å². The van der Waals surface area contributed by atoms with E-state index in [0.29, 0.717) is 43.6 Å². The molecule has 1 saturated carbocycles. The molecule has 1 unspecified atom stereocenters. The number of rotatable bonds is 5. The van der Waals surface area contributed by atoms with E-state index < -0.39 is 12.0 Å². The van der Waals surface area contributed by atoms with Crippen LogP contribution in [-0.4, -0.2) is 62.6 Å². The van der Waals surface area contributed by atoms with Crippen LogP contribution in [-0.2, 0) is 22.6 Å². The monoisotopic (exact) mass is 362 g/mol. The molecule has 142 valence electrons. The minimum atomic E-state index is -0.798. The van der Waals surface area contributed by atoms with Crippen molar-refractivity contribution in [3.8, 4) is 0 Å². The standard InChI is InChI=1S/C18H26N4O4/c1-2-14-19-15(26-20-14)10-22-11-18(9-13(22)17(24)25)5-7-21(8-6-18)16(23)12-3-4-12/h12-13H,2-11H2,1H3,(H,24,25). The Kier molecular flexibility index (Phi) is 4.46. The van der Waals surface area contributed by atoms with Crippen LogP contribution in [0.4, 0.5) is 0 Å². The highest BCUT2D eigenvalue weighted by Gasteiger charge is 2.49. The molecule has 1 spiro atoms. The first-order valence-electron chi connectivity index (χ1n) is 9.57. The first-order chi connectivity index (χ1) is 12.5. The summed E-state index contributed by atoms with van der Waals surface area (Å²) in [5.74, 6) is 0.872. The maximum Gasteiger partial charge on any atom is 0.320 e. The summed E-state index contributed by atoms with van der Waals surface area (Å²) in [6, 6.07) is -0.530. The number of carbonyl (C=O) groups excluding carboxylic acids is 1. The number of aromatic nitrogens is 2. The topological polar surface area (TPSA) is 99.8 Å². The average Bonchev–Trinajstić information content (AvgIpc) is 3.29. The van der Waals surface area contributed by atoms with E-state index in [1.807, 2.05) is 16.7 Å². The zero-order valence-electron chi connectivity index (χ0n) is 15.2. The third-order valence-corrected chi connectivity index (χ3v) is 6.12. The minimum Gasteiger partial charge on any atom is -0.480 e. The number of hydrogen-bond donors (Lipinski definition) is 1. The van der Waals surface area contributed by atoms with Crippen molar-refractivity contribution in [2.24, 2.45) is 11.3 Å². The number of carbonyl (C=O) groups is 2. The third-order valence-electron chi connectivity index (χ3n) is 6.12. The predicted molar refractivity (Wildman–Crippen MR) is 91.1 cm³/mol. The quantitative estimate of drug-likeness (QED) is 0.843. The molecule has 1 aliphatic carbocycles. The zero-order chi connectivity index (χ0) is 18.3. The average molecular weight is 362 g/mol. The fourth-order valence-corrected chi connectivity index (χ4v) is 4.38. The van der Waals surface area contributed by atoms with Crippen molar-refractivity contribution in [3.05, 3.63) is 11.7 Å². The van der Waals surface area contributed by atoms with Gasteiger partial charge in [0.1, 0.15) is 6.04 Å². The molecule has 8 heteroatoms. The van der Waals surface area contributed by atoms with Gasteiger partial charge in [-0.3, -0.25) is 14.5 Å². The molecule has 8 nitrogen and oxygen atoms in total. The van der Waals surface area contributed by atoms with Crippen LogP contribution in [0.25, 0.3) is 0 Å². The smallest absolute Gasteiger partial charge is 0.320 e. The molecule has 2 aliphatic heterocycles. The highest BCUT2D eigenvalue weighted by Crippen LogP contribution is 2.44. The molecule has 3 fully saturated rings. The Morgan fingerprint density at radius 3 is 2.62 bits per heavy atom. The number of piperidine rings is 1. The van der Waals surface area contributed by atoms with Crippen molar-refractivity contribution in [2.75, 3.05) is 19.6 Å². The second-order valence-corrected chi connectivity index (χ2v) is 8.02. The lowest BCUT2D eigenvalue weighted by atomic mass is 9.76. The zero-order valence-corrected chi connectivity index (χ0v) is 15.2. The molecule has 1 aromatic rings. The Labute approximate surface area is 152 Å². The molecule has 26 heavy (non-hydrogen) atoms. The van der Waals surface area contributed by atoms with Gasteiger partial charge < -0.3 is 14.5 Å². The number of likely N-dealkylation sites (tertiary alicyclic amines) is 2. The molecule has 3 aliphatic rings. The van der Waals surface area contributed by atoms with Gasteiger partial charge in [0.05, 0.1) is 6.54 Å². The molecule has 2 saturated heterocycles. The number of amides is 1. The molecule has 0 radical (unpaired) electrons. The van der Waals surface area contributed by atoms with E-state index in [0.717, 1.165) is 38.8 Å². The Balaban J connectivity index is 1.42. The number of nitrogens with zero attached hydrogens (tertiary/aromatic N) is 4. The lowest BCUT2D eigenvalue weighted by Gasteiger charge is -2.39. The van der Waals surface area contributed by atoms with E-state index >= 15 is 0 Å². The molecule has 1 atom stereocenters. The van der Waals surface area contributed by atoms with E-state index in [1.165, 1.54) is 0 Å². The SMILES string of the molecule is CCc1noc(CN2CC3(CCN(C(=O)C4CC4)CC3)CC2C(=O)O)n1. The second kappa shape index (κ2) is 6.64. The molecule has 1 N–H and O–H groups in total. The van der Waals surface area contributed by atoms with Crippen LogP contribution in [0.1, 0.15) is 50.7 Å². The molecule has 1 amide bonds. The van der Waals surface area contributed by atoms with Crippen LogP contribution in [0, 0.1) is 11.3 Å². The Hall–Kier alpha value is -1.96. The molecular formula is C18H26N4O4. The maximum absolute atomic E-state index is 12.3. The summed E-state index contributed by atoms with van der Waals surface area (Å²) >= 11 is 0. The highest BCUT2D eigenvalue weighted by molar-refractivity contribution is 5.81. The van der Waals surface area contributed by atoms with Crippen molar-refractivity contribution in [1.82, 2.24) is 19.9 Å². The van der Waals surface area contributed by atoms with Crippen LogP contribution in [0.15, 0.2) is 4.52 Å². The van der Waals surface area contributed by atoms with E-state index in [4.69, 9.17) is 4.52 Å². The van der Waals surface area contributed by atoms with Crippen LogP contribution >= 0.6 is 0 Å². The van der Waals surface area contributed by atoms with E-state index in [-0.39, 0.29) is 11.3 Å². The van der Waals surface area contributed by atoms with E-state index in [9.17, 15) is 14.7 Å². The summed E-state index contributed by atoms with van der Waals surface area (Å²) in [6.07, 6.45) is 5.12. The van der Waals surface area contributed by atoms with Crippen LogP contribution in [0.5, 0.6) is 0 Å². The van der Waals surface area contributed by atoms with Crippen LogP contribution in [0.2, 0.25) is 0 Å². The fraction of sp³-hybridized carbons (Fsp3) is 0.778. The lowest BCUT2D eigenvalue weighted by Crippen LogP contribution is -2.44. The number of carboxylic acids is 1. The van der Waals surface area contributed by atoms with E-state index in [1.54, 1.807) is 0 Å². The Bertz CT molecular complexity index is 691. The van der Waals surface area contributed by atoms with Gasteiger partial charge in [0.15, 0.2) is 5.82 Å². The lowest BCUT2D eigenvalue weighted by molar-refractivity contribution is -0.142. The molecule has 0 aromatic carbocycles. The minimum absolute atomic E-state index is 0.0308. The molecular weight excluding hydrogens is 336 g/mol. The predicted octanol–water partition coefficient (Wildman–Crippen LogP) is 1.31. The van der Waals surface area contributed by atoms with Crippen molar-refractivity contribution in [2.45, 2.75) is 58.0 Å². The van der Waals surface area contributed by atoms with Gasteiger partial charge >= 0.3 is 5.97 Å². The van der Waals surface area contributed by atoms with Gasteiger partial charge in [-0.25, -0.2) is 0 Å².